The maximum absolute atomic E-state index is 12.7. The Morgan fingerprint density at radius 3 is 2.77 bits per heavy atom. The molecule has 68 valence electrons. The molecule has 0 bridgehead atoms. The van der Waals surface area contributed by atoms with Crippen LogP contribution in [0, 0.1) is 5.82 Å². The molecule has 0 saturated carbocycles. The van der Waals surface area contributed by atoms with Gasteiger partial charge < -0.3 is 5.73 Å². The molecule has 0 spiro atoms. The van der Waals surface area contributed by atoms with E-state index in [9.17, 15) is 9.18 Å². The smallest absolute Gasteiger partial charge is 0.244 e. The zero-order chi connectivity index (χ0) is 9.84. The largest absolute Gasteiger partial charge is 0.383 e. The minimum Gasteiger partial charge on any atom is -0.383 e. The lowest BCUT2D eigenvalue weighted by atomic mass is 10.2. The van der Waals surface area contributed by atoms with Crippen LogP contribution in [0.1, 0.15) is 12.5 Å². The van der Waals surface area contributed by atoms with Crippen LogP contribution >= 0.6 is 0 Å². The van der Waals surface area contributed by atoms with E-state index in [2.05, 4.69) is 4.99 Å². The minimum absolute atomic E-state index is 0.0343. The van der Waals surface area contributed by atoms with Crippen molar-refractivity contribution < 1.29 is 9.18 Å². The van der Waals surface area contributed by atoms with Crippen LogP contribution in [0.3, 0.4) is 0 Å². The molecule has 1 amide bonds. The monoisotopic (exact) mass is 180 g/mol. The van der Waals surface area contributed by atoms with Gasteiger partial charge >= 0.3 is 0 Å². The first-order valence-corrected chi connectivity index (χ1v) is 3.70. The van der Waals surface area contributed by atoms with Gasteiger partial charge in [0, 0.05) is 12.5 Å². The van der Waals surface area contributed by atoms with Crippen molar-refractivity contribution in [3.05, 3.63) is 35.6 Å². The number of nitrogens with two attached hydrogens (primary N) is 1. The maximum atomic E-state index is 12.7. The van der Waals surface area contributed by atoms with E-state index in [4.69, 9.17) is 5.73 Å². The van der Waals surface area contributed by atoms with Gasteiger partial charge in [0.2, 0.25) is 5.91 Å². The summed E-state index contributed by atoms with van der Waals surface area (Å²) in [5.41, 5.74) is 5.84. The van der Waals surface area contributed by atoms with Crippen LogP contribution in [0.5, 0.6) is 0 Å². The van der Waals surface area contributed by atoms with Crippen molar-refractivity contribution in [2.45, 2.75) is 6.92 Å². The van der Waals surface area contributed by atoms with Gasteiger partial charge in [-0.15, -0.1) is 0 Å². The van der Waals surface area contributed by atoms with Crippen molar-refractivity contribution in [1.29, 1.82) is 0 Å². The van der Waals surface area contributed by atoms with Gasteiger partial charge in [-0.2, -0.15) is 4.99 Å². The van der Waals surface area contributed by atoms with Gasteiger partial charge in [0.05, 0.1) is 0 Å². The number of hydrogen-bond donors (Lipinski definition) is 1. The molecule has 0 unspecified atom stereocenters. The number of aliphatic imine (C=N–C) groups is 1. The fraction of sp³-hybridized carbons (Fsp3) is 0.111. The Morgan fingerprint density at radius 2 is 2.23 bits per heavy atom. The third-order valence-corrected chi connectivity index (χ3v) is 1.40. The van der Waals surface area contributed by atoms with Gasteiger partial charge in [-0.1, -0.05) is 12.1 Å². The summed E-state index contributed by atoms with van der Waals surface area (Å²) in [4.78, 5) is 14.0. The second-order valence-electron chi connectivity index (χ2n) is 2.53. The predicted molar refractivity (Wildman–Crippen MR) is 47.8 cm³/mol. The summed E-state index contributed by atoms with van der Waals surface area (Å²) in [5, 5.41) is 0. The van der Waals surface area contributed by atoms with E-state index in [0.717, 1.165) is 0 Å². The topological polar surface area (TPSA) is 55.5 Å². The lowest BCUT2D eigenvalue weighted by Crippen LogP contribution is -2.15. The van der Waals surface area contributed by atoms with E-state index < -0.39 is 11.7 Å². The average Bonchev–Trinajstić information content (AvgIpc) is 2.03. The maximum Gasteiger partial charge on any atom is 0.244 e. The molecule has 4 heteroatoms. The average molecular weight is 180 g/mol. The third kappa shape index (κ3) is 2.66. The lowest BCUT2D eigenvalue weighted by molar-refractivity contribution is -0.115. The van der Waals surface area contributed by atoms with Crippen LogP contribution in [0.15, 0.2) is 29.3 Å². The van der Waals surface area contributed by atoms with E-state index in [-0.39, 0.29) is 5.84 Å². The van der Waals surface area contributed by atoms with Crippen LogP contribution in [-0.2, 0) is 4.79 Å². The number of carbonyl (C=O) groups is 1. The number of carbonyl (C=O) groups excluding carboxylic acids is 1. The predicted octanol–water partition coefficient (Wildman–Crippen LogP) is 1.08. The third-order valence-electron chi connectivity index (χ3n) is 1.40. The molecule has 13 heavy (non-hydrogen) atoms. The molecular formula is C9H9FN2O. The molecule has 0 aromatic heterocycles. The molecule has 0 radical (unpaired) electrons. The molecular weight excluding hydrogens is 171 g/mol. The number of hydrogen-bond acceptors (Lipinski definition) is 1. The zero-order valence-corrected chi connectivity index (χ0v) is 7.12. The van der Waals surface area contributed by atoms with E-state index >= 15 is 0 Å². The Morgan fingerprint density at radius 1 is 1.54 bits per heavy atom. The Bertz CT molecular complexity index is 360. The molecule has 2 N–H and O–H groups in total. The Kier molecular flexibility index (Phi) is 2.74. The summed E-state index contributed by atoms with van der Waals surface area (Å²) in [6.07, 6.45) is 0. The highest BCUT2D eigenvalue weighted by Crippen LogP contribution is 2.02. The number of rotatable bonds is 1. The summed E-state index contributed by atoms with van der Waals surface area (Å²) >= 11 is 0. The van der Waals surface area contributed by atoms with Crippen LogP contribution < -0.4 is 5.73 Å². The summed E-state index contributed by atoms with van der Waals surface area (Å²) < 4.78 is 12.7. The zero-order valence-electron chi connectivity index (χ0n) is 7.12. The van der Waals surface area contributed by atoms with Gasteiger partial charge in [-0.25, -0.2) is 4.39 Å². The molecule has 0 aliphatic carbocycles. The molecule has 0 aliphatic rings. The van der Waals surface area contributed by atoms with Gasteiger partial charge in [0.1, 0.15) is 11.7 Å². The molecule has 1 rings (SSSR count). The first-order chi connectivity index (χ1) is 6.09. The molecule has 0 aliphatic heterocycles. The number of benzene rings is 1. The molecule has 0 atom stereocenters. The summed E-state index contributed by atoms with van der Waals surface area (Å²) in [6, 6.07) is 5.62. The molecule has 0 heterocycles. The second kappa shape index (κ2) is 3.80. The van der Waals surface area contributed by atoms with Crippen molar-refractivity contribution in [2.24, 2.45) is 10.7 Å². The number of amidine groups is 1. The van der Waals surface area contributed by atoms with Crippen molar-refractivity contribution in [1.82, 2.24) is 0 Å². The Hall–Kier alpha value is -1.71. The van der Waals surface area contributed by atoms with Crippen LogP contribution in [0.4, 0.5) is 4.39 Å². The van der Waals surface area contributed by atoms with Crippen LogP contribution in [0.2, 0.25) is 0 Å². The Balaban J connectivity index is 3.02. The van der Waals surface area contributed by atoms with Crippen molar-refractivity contribution in [3.63, 3.8) is 0 Å². The minimum atomic E-state index is -0.404. The second-order valence-corrected chi connectivity index (χ2v) is 2.53. The van der Waals surface area contributed by atoms with Crippen molar-refractivity contribution >= 4 is 11.7 Å². The molecule has 1 aromatic carbocycles. The molecule has 3 nitrogen and oxygen atoms in total. The molecule has 0 fully saturated rings. The van der Waals surface area contributed by atoms with Crippen molar-refractivity contribution in [3.8, 4) is 0 Å². The quantitative estimate of drug-likeness (QED) is 0.519. The standard InChI is InChI=1S/C9H9FN2O/c1-6(13)12-9(11)7-3-2-4-8(10)5-7/h2-5H,1H3,(H2,11,12,13). The first-order valence-electron chi connectivity index (χ1n) is 3.70. The van der Waals surface area contributed by atoms with Crippen molar-refractivity contribution in [2.75, 3.05) is 0 Å². The van der Waals surface area contributed by atoms with E-state index in [0.29, 0.717) is 5.56 Å². The van der Waals surface area contributed by atoms with Gasteiger partial charge in [-0.3, -0.25) is 4.79 Å². The number of nitrogens with zero attached hydrogens (tertiary/aromatic N) is 1. The summed E-state index contributed by atoms with van der Waals surface area (Å²) in [6.45, 7) is 1.28. The highest BCUT2D eigenvalue weighted by molar-refractivity contribution is 6.03. The summed E-state index contributed by atoms with van der Waals surface area (Å²) in [7, 11) is 0. The fourth-order valence-electron chi connectivity index (χ4n) is 0.882. The highest BCUT2D eigenvalue weighted by Gasteiger charge is 2.00. The fourth-order valence-corrected chi connectivity index (χ4v) is 0.882. The summed E-state index contributed by atoms with van der Waals surface area (Å²) in [5.74, 6) is -0.770. The molecule has 0 saturated heterocycles. The number of halogens is 1. The first kappa shape index (κ1) is 9.38. The van der Waals surface area contributed by atoms with Gasteiger partial charge in [0.25, 0.3) is 0 Å². The SMILES string of the molecule is CC(=O)N=C(N)c1cccc(F)c1. The lowest BCUT2D eigenvalue weighted by Gasteiger charge is -1.98. The normalized spacial score (nSPS) is 11.4. The van der Waals surface area contributed by atoms with Crippen LogP contribution in [-0.4, -0.2) is 11.7 Å². The number of amides is 1. The van der Waals surface area contributed by atoms with Gasteiger partial charge in [0.15, 0.2) is 0 Å². The highest BCUT2D eigenvalue weighted by atomic mass is 19.1. The molecule has 1 aromatic rings. The van der Waals surface area contributed by atoms with Gasteiger partial charge in [-0.05, 0) is 12.1 Å². The van der Waals surface area contributed by atoms with E-state index in [1.54, 1.807) is 6.07 Å². The Labute approximate surface area is 75.1 Å². The van der Waals surface area contributed by atoms with E-state index in [1.807, 2.05) is 0 Å². The van der Waals surface area contributed by atoms with E-state index in [1.165, 1.54) is 25.1 Å². The van der Waals surface area contributed by atoms with Crippen LogP contribution in [0.25, 0.3) is 0 Å².